The van der Waals surface area contributed by atoms with E-state index in [4.69, 9.17) is 4.42 Å². The van der Waals surface area contributed by atoms with Gasteiger partial charge >= 0.3 is 5.76 Å². The number of hydrogen-bond acceptors (Lipinski definition) is 4. The largest absolute Gasteiger partial charge is 0.419 e. The van der Waals surface area contributed by atoms with Gasteiger partial charge in [-0.05, 0) is 24.3 Å². The lowest BCUT2D eigenvalue weighted by molar-refractivity contribution is -0.116. The van der Waals surface area contributed by atoms with Crippen molar-refractivity contribution in [3.63, 3.8) is 0 Å². The van der Waals surface area contributed by atoms with Crippen LogP contribution < -0.4 is 16.6 Å². The molecule has 0 aliphatic carbocycles. The predicted molar refractivity (Wildman–Crippen MR) is 80.8 cm³/mol. The molecule has 7 heteroatoms. The third kappa shape index (κ3) is 2.69. The van der Waals surface area contributed by atoms with E-state index in [0.29, 0.717) is 11.1 Å². The zero-order chi connectivity index (χ0) is 15.5. The van der Waals surface area contributed by atoms with Gasteiger partial charge in [-0.1, -0.05) is 12.1 Å². The molecular weight excluding hydrogens is 286 g/mol. The van der Waals surface area contributed by atoms with Gasteiger partial charge in [0.15, 0.2) is 5.58 Å². The Labute approximate surface area is 124 Å². The van der Waals surface area contributed by atoms with E-state index in [-0.39, 0.29) is 30.1 Å². The number of para-hydroxylation sites is 2. The molecule has 0 saturated heterocycles. The van der Waals surface area contributed by atoms with Crippen LogP contribution in [0.3, 0.4) is 0 Å². The Morgan fingerprint density at radius 2 is 2.00 bits per heavy atom. The normalized spacial score (nSPS) is 10.7. The highest BCUT2D eigenvalue weighted by Crippen LogP contribution is 2.12. The van der Waals surface area contributed by atoms with Gasteiger partial charge in [0, 0.05) is 19.2 Å². The van der Waals surface area contributed by atoms with Crippen molar-refractivity contribution >= 4 is 22.7 Å². The van der Waals surface area contributed by atoms with E-state index >= 15 is 0 Å². The molecule has 7 nitrogen and oxygen atoms in total. The number of pyridine rings is 1. The molecule has 0 unspecified atom stereocenters. The molecule has 1 aromatic carbocycles. The van der Waals surface area contributed by atoms with Crippen molar-refractivity contribution in [2.45, 2.75) is 13.0 Å². The molecule has 3 aromatic rings. The van der Waals surface area contributed by atoms with Crippen LogP contribution in [0, 0.1) is 0 Å². The fraction of sp³-hybridized carbons (Fsp3) is 0.133. The van der Waals surface area contributed by atoms with Gasteiger partial charge in [0.2, 0.25) is 5.91 Å². The van der Waals surface area contributed by atoms with Gasteiger partial charge in [0.1, 0.15) is 5.69 Å². The quantitative estimate of drug-likeness (QED) is 0.759. The highest BCUT2D eigenvalue weighted by atomic mass is 16.4. The maximum Gasteiger partial charge on any atom is 0.419 e. The average molecular weight is 299 g/mol. The lowest BCUT2D eigenvalue weighted by atomic mass is 10.3. The molecule has 2 heterocycles. The number of nitrogens with one attached hydrogen (secondary N) is 2. The Morgan fingerprint density at radius 3 is 2.82 bits per heavy atom. The molecule has 0 spiro atoms. The summed E-state index contributed by atoms with van der Waals surface area (Å²) in [6.45, 7) is 0.173. The standard InChI is InChI=1S/C15H13N3O4/c19-13(17-10-4-3-8-16-14(10)20)7-9-18-11-5-1-2-6-12(11)22-15(18)21/h1-6,8H,7,9H2,(H,16,20)(H,17,19). The minimum atomic E-state index is -0.508. The fourth-order valence-electron chi connectivity index (χ4n) is 2.17. The SMILES string of the molecule is O=C(CCn1c(=O)oc2ccccc21)Nc1ccc[nH]c1=O. The first-order valence-corrected chi connectivity index (χ1v) is 6.71. The summed E-state index contributed by atoms with van der Waals surface area (Å²) in [7, 11) is 0. The minimum absolute atomic E-state index is 0.0533. The van der Waals surface area contributed by atoms with Crippen molar-refractivity contribution in [3.8, 4) is 0 Å². The van der Waals surface area contributed by atoms with Crippen molar-refractivity contribution in [2.24, 2.45) is 0 Å². The first kappa shape index (κ1) is 13.9. The predicted octanol–water partition coefficient (Wildman–Crippen LogP) is 1.31. The summed E-state index contributed by atoms with van der Waals surface area (Å²) in [5.41, 5.74) is 0.920. The zero-order valence-electron chi connectivity index (χ0n) is 11.5. The third-order valence-corrected chi connectivity index (χ3v) is 3.23. The van der Waals surface area contributed by atoms with Crippen molar-refractivity contribution in [3.05, 3.63) is 63.5 Å². The van der Waals surface area contributed by atoms with Crippen molar-refractivity contribution in [1.29, 1.82) is 0 Å². The van der Waals surface area contributed by atoms with Gasteiger partial charge in [-0.25, -0.2) is 4.79 Å². The van der Waals surface area contributed by atoms with E-state index in [2.05, 4.69) is 10.3 Å². The molecule has 0 radical (unpaired) electrons. The number of oxazole rings is 1. The van der Waals surface area contributed by atoms with Crippen LogP contribution >= 0.6 is 0 Å². The number of aryl methyl sites for hydroxylation is 1. The van der Waals surface area contributed by atoms with Crippen LogP contribution in [0.1, 0.15) is 6.42 Å². The minimum Gasteiger partial charge on any atom is -0.408 e. The Balaban J connectivity index is 1.73. The lowest BCUT2D eigenvalue weighted by Gasteiger charge is -2.04. The number of carbonyl (C=O) groups excluding carboxylic acids is 1. The Hall–Kier alpha value is -3.09. The molecule has 2 N–H and O–H groups in total. The highest BCUT2D eigenvalue weighted by Gasteiger charge is 2.11. The molecule has 3 rings (SSSR count). The first-order chi connectivity index (χ1) is 10.6. The van der Waals surface area contributed by atoms with Gasteiger partial charge in [0.25, 0.3) is 5.56 Å². The Morgan fingerprint density at radius 1 is 1.18 bits per heavy atom. The molecule has 0 aliphatic rings. The monoisotopic (exact) mass is 299 g/mol. The number of hydrogen-bond donors (Lipinski definition) is 2. The molecule has 1 amide bonds. The molecule has 22 heavy (non-hydrogen) atoms. The number of H-pyrrole nitrogens is 1. The fourth-order valence-corrected chi connectivity index (χ4v) is 2.17. The van der Waals surface area contributed by atoms with E-state index in [1.807, 2.05) is 0 Å². The van der Waals surface area contributed by atoms with Crippen LogP contribution in [0.15, 0.2) is 56.6 Å². The molecule has 0 aliphatic heterocycles. The third-order valence-electron chi connectivity index (χ3n) is 3.23. The molecule has 0 bridgehead atoms. The lowest BCUT2D eigenvalue weighted by Crippen LogP contribution is -2.22. The Kier molecular flexibility index (Phi) is 3.61. The van der Waals surface area contributed by atoms with Crippen LogP contribution in [0.4, 0.5) is 5.69 Å². The smallest absolute Gasteiger partial charge is 0.408 e. The van der Waals surface area contributed by atoms with Gasteiger partial charge < -0.3 is 14.7 Å². The summed E-state index contributed by atoms with van der Waals surface area (Å²) in [4.78, 5) is 37.6. The molecule has 2 aromatic heterocycles. The summed E-state index contributed by atoms with van der Waals surface area (Å²) >= 11 is 0. The molecule has 112 valence electrons. The number of benzene rings is 1. The highest BCUT2D eigenvalue weighted by molar-refractivity contribution is 5.90. The van der Waals surface area contributed by atoms with Gasteiger partial charge in [-0.2, -0.15) is 0 Å². The Bertz CT molecular complexity index is 935. The molecule has 0 saturated carbocycles. The second-order valence-corrected chi connectivity index (χ2v) is 4.70. The molecular formula is C15H13N3O4. The average Bonchev–Trinajstić information content (AvgIpc) is 2.83. The van der Waals surface area contributed by atoms with Gasteiger partial charge in [-0.15, -0.1) is 0 Å². The van der Waals surface area contributed by atoms with E-state index in [9.17, 15) is 14.4 Å². The van der Waals surface area contributed by atoms with Crippen LogP contribution in [0.2, 0.25) is 0 Å². The number of carbonyl (C=O) groups is 1. The van der Waals surface area contributed by atoms with Crippen LogP contribution in [-0.2, 0) is 11.3 Å². The zero-order valence-corrected chi connectivity index (χ0v) is 11.5. The summed E-state index contributed by atoms with van der Waals surface area (Å²) in [6.07, 6.45) is 1.53. The van der Waals surface area contributed by atoms with Crippen molar-refractivity contribution in [2.75, 3.05) is 5.32 Å². The topological polar surface area (TPSA) is 97.1 Å². The van der Waals surface area contributed by atoms with E-state index < -0.39 is 5.76 Å². The number of fused-ring (bicyclic) bond motifs is 1. The number of anilines is 1. The number of rotatable bonds is 4. The van der Waals surface area contributed by atoms with E-state index in [0.717, 1.165) is 0 Å². The van der Waals surface area contributed by atoms with Gasteiger partial charge in [-0.3, -0.25) is 14.2 Å². The number of aromatic nitrogens is 2. The summed E-state index contributed by atoms with van der Waals surface area (Å²) in [6, 6.07) is 10.1. The number of amides is 1. The maximum absolute atomic E-state index is 11.9. The van der Waals surface area contributed by atoms with Crippen LogP contribution in [0.5, 0.6) is 0 Å². The van der Waals surface area contributed by atoms with Crippen molar-refractivity contribution in [1.82, 2.24) is 9.55 Å². The van der Waals surface area contributed by atoms with Crippen molar-refractivity contribution < 1.29 is 9.21 Å². The summed E-state index contributed by atoms with van der Waals surface area (Å²) in [5.74, 6) is -0.861. The van der Waals surface area contributed by atoms with E-state index in [1.165, 1.54) is 16.8 Å². The van der Waals surface area contributed by atoms with Crippen LogP contribution in [-0.4, -0.2) is 15.5 Å². The second kappa shape index (κ2) is 5.72. The summed E-state index contributed by atoms with van der Waals surface area (Å²) in [5, 5.41) is 2.51. The first-order valence-electron chi connectivity index (χ1n) is 6.71. The summed E-state index contributed by atoms with van der Waals surface area (Å²) < 4.78 is 6.48. The maximum atomic E-state index is 11.9. The number of nitrogens with zero attached hydrogens (tertiary/aromatic N) is 1. The van der Waals surface area contributed by atoms with Gasteiger partial charge in [0.05, 0.1) is 5.52 Å². The van der Waals surface area contributed by atoms with Crippen LogP contribution in [0.25, 0.3) is 11.1 Å². The molecule has 0 atom stereocenters. The number of aromatic amines is 1. The van der Waals surface area contributed by atoms with E-state index in [1.54, 1.807) is 30.3 Å². The second-order valence-electron chi connectivity index (χ2n) is 4.70. The molecule has 0 fully saturated rings.